The van der Waals surface area contributed by atoms with E-state index in [-0.39, 0.29) is 23.7 Å². The molecule has 0 radical (unpaired) electrons. The van der Waals surface area contributed by atoms with Gasteiger partial charge in [0.25, 0.3) is 0 Å². The first-order valence-corrected chi connectivity index (χ1v) is 7.80. The smallest absolute Gasteiger partial charge is 0.320 e. The molecule has 0 fully saturated rings. The lowest BCUT2D eigenvalue weighted by atomic mass is 9.63. The van der Waals surface area contributed by atoms with Gasteiger partial charge in [-0.3, -0.25) is 14.4 Å². The lowest BCUT2D eigenvalue weighted by molar-refractivity contribution is -0.158. The fourth-order valence-electron chi connectivity index (χ4n) is 3.20. The van der Waals surface area contributed by atoms with Crippen LogP contribution in [0.3, 0.4) is 0 Å². The Morgan fingerprint density at radius 2 is 1.96 bits per heavy atom. The number of carbonyl (C=O) groups is 3. The number of ketones is 2. The van der Waals surface area contributed by atoms with Crippen molar-refractivity contribution >= 4 is 17.5 Å². The van der Waals surface area contributed by atoms with Crippen molar-refractivity contribution in [1.82, 2.24) is 0 Å². The molecule has 0 aliphatic heterocycles. The number of carbonyl (C=O) groups excluding carboxylic acids is 3. The van der Waals surface area contributed by atoms with Gasteiger partial charge < -0.3 is 4.74 Å². The van der Waals surface area contributed by atoms with E-state index in [1.165, 1.54) is 14.0 Å². The van der Waals surface area contributed by atoms with Gasteiger partial charge in [0.15, 0.2) is 11.6 Å². The van der Waals surface area contributed by atoms with Crippen LogP contribution in [-0.2, 0) is 19.1 Å². The maximum atomic E-state index is 13.0. The molecular weight excluding hydrogens is 292 g/mol. The Labute approximate surface area is 138 Å². The lowest BCUT2D eigenvalue weighted by Crippen LogP contribution is -2.47. The third kappa shape index (κ3) is 3.69. The van der Waals surface area contributed by atoms with Crippen LogP contribution >= 0.6 is 0 Å². The van der Waals surface area contributed by atoms with Crippen LogP contribution in [0.15, 0.2) is 35.5 Å². The van der Waals surface area contributed by atoms with Crippen LogP contribution in [0, 0.1) is 11.3 Å². The predicted octanol–water partition coefficient (Wildman–Crippen LogP) is 3.57. The summed E-state index contributed by atoms with van der Waals surface area (Å²) < 4.78 is 4.94. The highest BCUT2D eigenvalue weighted by Crippen LogP contribution is 2.45. The van der Waals surface area contributed by atoms with Gasteiger partial charge in [0.2, 0.25) is 0 Å². The van der Waals surface area contributed by atoms with Crippen molar-refractivity contribution in [3.63, 3.8) is 0 Å². The summed E-state index contributed by atoms with van der Waals surface area (Å²) in [5.74, 6) is -1.34. The second kappa shape index (κ2) is 7.53. The van der Waals surface area contributed by atoms with E-state index in [2.05, 4.69) is 6.58 Å². The molecular formula is C19H26O4. The van der Waals surface area contributed by atoms with E-state index < -0.39 is 17.2 Å². The first-order chi connectivity index (χ1) is 10.7. The van der Waals surface area contributed by atoms with E-state index in [1.54, 1.807) is 13.0 Å². The Morgan fingerprint density at radius 3 is 2.39 bits per heavy atom. The maximum Gasteiger partial charge on any atom is 0.320 e. The molecule has 0 unspecified atom stereocenters. The van der Waals surface area contributed by atoms with Crippen molar-refractivity contribution in [2.45, 2.75) is 47.0 Å². The average molecular weight is 318 g/mol. The minimum Gasteiger partial charge on any atom is -0.468 e. The Hall–Kier alpha value is -1.97. The molecule has 0 amide bonds. The molecule has 1 aliphatic rings. The van der Waals surface area contributed by atoms with Crippen LogP contribution in [0.2, 0.25) is 0 Å². The normalized spacial score (nSPS) is 24.2. The van der Waals surface area contributed by atoms with E-state index in [9.17, 15) is 14.4 Å². The predicted molar refractivity (Wildman–Crippen MR) is 89.8 cm³/mol. The number of ether oxygens (including phenoxy) is 1. The molecule has 0 spiro atoms. The summed E-state index contributed by atoms with van der Waals surface area (Å²) in [7, 11) is 1.28. The number of hydrogen-bond donors (Lipinski definition) is 0. The Bertz CT molecular complexity index is 590. The van der Waals surface area contributed by atoms with Crippen molar-refractivity contribution < 1.29 is 19.1 Å². The van der Waals surface area contributed by atoms with Crippen molar-refractivity contribution in [3.8, 4) is 0 Å². The van der Waals surface area contributed by atoms with E-state index in [4.69, 9.17) is 4.74 Å². The molecule has 0 N–H and O–H groups in total. The zero-order valence-electron chi connectivity index (χ0n) is 14.7. The Balaban J connectivity index is 3.54. The van der Waals surface area contributed by atoms with Crippen LogP contribution in [-0.4, -0.2) is 24.6 Å². The number of Topliss-reactive ketones (excluding diaryl/α,β-unsaturated/α-hetero) is 2. The van der Waals surface area contributed by atoms with Gasteiger partial charge in [-0.1, -0.05) is 23.3 Å². The van der Waals surface area contributed by atoms with Crippen LogP contribution in [0.25, 0.3) is 0 Å². The van der Waals surface area contributed by atoms with E-state index in [1.807, 2.05) is 19.9 Å². The van der Waals surface area contributed by atoms with Gasteiger partial charge in [-0.05, 0) is 52.9 Å². The van der Waals surface area contributed by atoms with Crippen molar-refractivity contribution in [3.05, 3.63) is 35.5 Å². The molecule has 0 bridgehead atoms. The van der Waals surface area contributed by atoms with Crippen LogP contribution < -0.4 is 0 Å². The number of methoxy groups -OCH3 is 1. The molecule has 0 aromatic carbocycles. The maximum absolute atomic E-state index is 13.0. The third-order valence-corrected chi connectivity index (χ3v) is 4.50. The summed E-state index contributed by atoms with van der Waals surface area (Å²) in [5.41, 5.74) is 0.590. The largest absolute Gasteiger partial charge is 0.468 e. The average Bonchev–Trinajstić information content (AvgIpc) is 2.48. The van der Waals surface area contributed by atoms with Gasteiger partial charge in [0.1, 0.15) is 5.41 Å². The lowest BCUT2D eigenvalue weighted by Gasteiger charge is -2.38. The van der Waals surface area contributed by atoms with Crippen LogP contribution in [0.1, 0.15) is 47.0 Å². The second-order valence-corrected chi connectivity index (χ2v) is 6.43. The minimum absolute atomic E-state index is 0.0613. The van der Waals surface area contributed by atoms with Gasteiger partial charge >= 0.3 is 5.97 Å². The fourth-order valence-corrected chi connectivity index (χ4v) is 3.20. The monoisotopic (exact) mass is 318 g/mol. The van der Waals surface area contributed by atoms with Gasteiger partial charge in [-0.2, -0.15) is 0 Å². The first kappa shape index (κ1) is 19.1. The molecule has 0 aromatic heterocycles. The van der Waals surface area contributed by atoms with Crippen molar-refractivity contribution in [1.29, 1.82) is 0 Å². The quantitative estimate of drug-likeness (QED) is 0.325. The molecule has 2 atom stereocenters. The molecule has 126 valence electrons. The van der Waals surface area contributed by atoms with Crippen molar-refractivity contribution in [2.24, 2.45) is 11.3 Å². The van der Waals surface area contributed by atoms with Gasteiger partial charge in [0.05, 0.1) is 12.7 Å². The highest BCUT2D eigenvalue weighted by molar-refractivity contribution is 6.27. The van der Waals surface area contributed by atoms with Gasteiger partial charge in [-0.25, -0.2) is 0 Å². The second-order valence-electron chi connectivity index (χ2n) is 6.43. The molecule has 4 heteroatoms. The zero-order valence-corrected chi connectivity index (χ0v) is 14.7. The molecule has 0 heterocycles. The van der Waals surface area contributed by atoms with E-state index in [0.29, 0.717) is 12.8 Å². The fraction of sp³-hybridized carbons (Fsp3) is 0.526. The molecule has 0 aromatic rings. The third-order valence-electron chi connectivity index (χ3n) is 4.50. The summed E-state index contributed by atoms with van der Waals surface area (Å²) in [6.07, 6.45) is 4.82. The Morgan fingerprint density at radius 1 is 1.35 bits per heavy atom. The molecule has 1 aliphatic carbocycles. The minimum atomic E-state index is -1.32. The van der Waals surface area contributed by atoms with Gasteiger partial charge in [-0.15, -0.1) is 6.58 Å². The SMILES string of the molecule is C=CC[C@@H]1C[C@](CC=C(C)C)(C(=O)OC)C(=O)C(C(C)=O)=C1C. The topological polar surface area (TPSA) is 60.4 Å². The Kier molecular flexibility index (Phi) is 6.25. The highest BCUT2D eigenvalue weighted by atomic mass is 16.5. The summed E-state index contributed by atoms with van der Waals surface area (Å²) in [6, 6.07) is 0. The molecule has 4 nitrogen and oxygen atoms in total. The standard InChI is InChI=1S/C19H26O4/c1-7-8-15-11-19(18(22)23-6,10-9-12(2)3)17(21)16(13(15)4)14(5)20/h7,9,15H,1,8,10-11H2,2-6H3/t15-,19+/m1/s1. The number of esters is 1. The first-order valence-electron chi connectivity index (χ1n) is 7.80. The summed E-state index contributed by atoms with van der Waals surface area (Å²) in [6.45, 7) is 10.7. The zero-order chi connectivity index (χ0) is 17.8. The number of hydrogen-bond acceptors (Lipinski definition) is 4. The molecule has 0 saturated heterocycles. The van der Waals surface area contributed by atoms with E-state index >= 15 is 0 Å². The summed E-state index contributed by atoms with van der Waals surface area (Å²) in [4.78, 5) is 37.6. The molecule has 23 heavy (non-hydrogen) atoms. The summed E-state index contributed by atoms with van der Waals surface area (Å²) >= 11 is 0. The highest BCUT2D eigenvalue weighted by Gasteiger charge is 2.52. The van der Waals surface area contributed by atoms with Crippen molar-refractivity contribution in [2.75, 3.05) is 7.11 Å². The molecule has 1 rings (SSSR count). The van der Waals surface area contributed by atoms with Crippen LogP contribution in [0.5, 0.6) is 0 Å². The summed E-state index contributed by atoms with van der Waals surface area (Å²) in [5, 5.41) is 0. The molecule has 0 saturated carbocycles. The van der Waals surface area contributed by atoms with E-state index in [0.717, 1.165) is 11.1 Å². The number of rotatable bonds is 6. The van der Waals surface area contributed by atoms with Crippen LogP contribution in [0.4, 0.5) is 0 Å². The van der Waals surface area contributed by atoms with Gasteiger partial charge in [0, 0.05) is 0 Å². The number of allylic oxidation sites excluding steroid dienone is 5.